The predicted octanol–water partition coefficient (Wildman–Crippen LogP) is 4.91. The maximum Gasteiger partial charge on any atom is 0.416 e. The highest BCUT2D eigenvalue weighted by molar-refractivity contribution is 9.10. The van der Waals surface area contributed by atoms with Crippen LogP contribution in [-0.2, 0) is 6.18 Å². The molecule has 2 aromatic rings. The van der Waals surface area contributed by atoms with Gasteiger partial charge in [-0.1, -0.05) is 6.07 Å². The first-order valence-electron chi connectivity index (χ1n) is 5.42. The van der Waals surface area contributed by atoms with Crippen molar-refractivity contribution >= 4 is 27.3 Å². The second-order valence-corrected chi connectivity index (χ2v) is 4.86. The van der Waals surface area contributed by atoms with E-state index in [0.29, 0.717) is 15.8 Å². The molecule has 2 nitrogen and oxygen atoms in total. The fourth-order valence-electron chi connectivity index (χ4n) is 1.64. The summed E-state index contributed by atoms with van der Waals surface area (Å²) in [6.07, 6.45) is -1.22. The molecule has 6 heteroatoms. The van der Waals surface area contributed by atoms with E-state index >= 15 is 0 Å². The Bertz CT molecular complexity index is 597. The minimum atomic E-state index is -4.35. The van der Waals surface area contributed by atoms with Gasteiger partial charge in [0.25, 0.3) is 0 Å². The van der Waals surface area contributed by atoms with Gasteiger partial charge in [-0.15, -0.1) is 0 Å². The lowest BCUT2D eigenvalue weighted by atomic mass is 10.1. The van der Waals surface area contributed by atoms with Crippen LogP contribution in [0.2, 0.25) is 0 Å². The zero-order chi connectivity index (χ0) is 14.0. The summed E-state index contributed by atoms with van der Waals surface area (Å²) >= 11 is 3.28. The van der Waals surface area contributed by atoms with Gasteiger partial charge in [-0.2, -0.15) is 13.2 Å². The van der Waals surface area contributed by atoms with Gasteiger partial charge in [0, 0.05) is 18.1 Å². The number of aromatic nitrogens is 1. The number of anilines is 2. The van der Waals surface area contributed by atoms with Crippen LogP contribution in [0, 0.1) is 6.92 Å². The Labute approximate surface area is 116 Å². The summed E-state index contributed by atoms with van der Waals surface area (Å²) in [5.74, 6) is 0. The molecular weight excluding hydrogens is 321 g/mol. The summed E-state index contributed by atoms with van der Waals surface area (Å²) < 4.78 is 39.1. The van der Waals surface area contributed by atoms with E-state index in [1.54, 1.807) is 24.5 Å². The number of pyridine rings is 1. The van der Waals surface area contributed by atoms with E-state index in [9.17, 15) is 13.2 Å². The summed E-state index contributed by atoms with van der Waals surface area (Å²) in [7, 11) is 0. The normalized spacial score (nSPS) is 11.4. The molecule has 100 valence electrons. The first kappa shape index (κ1) is 13.9. The van der Waals surface area contributed by atoms with Crippen molar-refractivity contribution in [1.29, 1.82) is 0 Å². The Hall–Kier alpha value is -1.56. The zero-order valence-corrected chi connectivity index (χ0v) is 11.5. The summed E-state index contributed by atoms with van der Waals surface area (Å²) in [5.41, 5.74) is 0.603. The maximum absolute atomic E-state index is 12.8. The number of benzene rings is 1. The van der Waals surface area contributed by atoms with Crippen molar-refractivity contribution in [3.8, 4) is 0 Å². The van der Waals surface area contributed by atoms with Crippen LogP contribution in [-0.4, -0.2) is 4.98 Å². The highest BCUT2D eigenvalue weighted by atomic mass is 79.9. The third kappa shape index (κ3) is 3.26. The van der Waals surface area contributed by atoms with Crippen molar-refractivity contribution in [1.82, 2.24) is 4.98 Å². The van der Waals surface area contributed by atoms with Crippen molar-refractivity contribution in [2.45, 2.75) is 13.1 Å². The van der Waals surface area contributed by atoms with Crippen LogP contribution >= 0.6 is 15.9 Å². The van der Waals surface area contributed by atoms with Crippen molar-refractivity contribution in [2.75, 3.05) is 5.32 Å². The first-order chi connectivity index (χ1) is 8.88. The average Bonchev–Trinajstić information content (AvgIpc) is 2.33. The van der Waals surface area contributed by atoms with E-state index in [1.807, 2.05) is 0 Å². The fraction of sp³-hybridized carbons (Fsp3) is 0.154. The van der Waals surface area contributed by atoms with Gasteiger partial charge in [-0.3, -0.25) is 4.98 Å². The number of nitrogens with one attached hydrogen (secondary N) is 1. The topological polar surface area (TPSA) is 24.9 Å². The smallest absolute Gasteiger partial charge is 0.355 e. The molecular formula is C13H10BrF3N2. The Morgan fingerprint density at radius 1 is 1.21 bits per heavy atom. The molecule has 1 N–H and O–H groups in total. The van der Waals surface area contributed by atoms with E-state index < -0.39 is 11.7 Å². The van der Waals surface area contributed by atoms with Crippen molar-refractivity contribution in [3.05, 3.63) is 52.3 Å². The number of alkyl halides is 3. The molecule has 0 unspecified atom stereocenters. The van der Waals surface area contributed by atoms with Gasteiger partial charge in [0.2, 0.25) is 0 Å². The lowest BCUT2D eigenvalue weighted by Gasteiger charge is -2.13. The van der Waals surface area contributed by atoms with E-state index in [1.165, 1.54) is 13.0 Å². The average molecular weight is 331 g/mol. The van der Waals surface area contributed by atoms with Crippen LogP contribution in [0.1, 0.15) is 11.1 Å². The molecule has 0 amide bonds. The molecule has 19 heavy (non-hydrogen) atoms. The minimum absolute atomic E-state index is 0.201. The molecule has 0 bridgehead atoms. The number of rotatable bonds is 2. The molecule has 1 aromatic heterocycles. The number of nitrogens with zero attached hydrogens (tertiary/aromatic N) is 1. The van der Waals surface area contributed by atoms with E-state index in [2.05, 4.69) is 26.2 Å². The quantitative estimate of drug-likeness (QED) is 0.845. The highest BCUT2D eigenvalue weighted by Gasteiger charge is 2.32. The monoisotopic (exact) mass is 330 g/mol. The minimum Gasteiger partial charge on any atom is -0.355 e. The fourth-order valence-corrected chi connectivity index (χ4v) is 1.99. The summed E-state index contributed by atoms with van der Waals surface area (Å²) in [6.45, 7) is 1.44. The van der Waals surface area contributed by atoms with Gasteiger partial charge in [0.1, 0.15) is 0 Å². The molecule has 1 heterocycles. The van der Waals surface area contributed by atoms with Gasteiger partial charge in [0.05, 0.1) is 15.7 Å². The van der Waals surface area contributed by atoms with Crippen LogP contribution < -0.4 is 5.32 Å². The summed E-state index contributed by atoms with van der Waals surface area (Å²) in [6, 6.07) is 5.83. The zero-order valence-electron chi connectivity index (χ0n) is 9.92. The van der Waals surface area contributed by atoms with E-state index in [4.69, 9.17) is 0 Å². The highest BCUT2D eigenvalue weighted by Crippen LogP contribution is 2.34. The molecule has 0 radical (unpaired) electrons. The third-order valence-electron chi connectivity index (χ3n) is 2.59. The van der Waals surface area contributed by atoms with Crippen LogP contribution in [0.25, 0.3) is 0 Å². The van der Waals surface area contributed by atoms with Crippen molar-refractivity contribution in [2.24, 2.45) is 0 Å². The third-order valence-corrected chi connectivity index (χ3v) is 3.23. The molecule has 0 aliphatic rings. The van der Waals surface area contributed by atoms with Gasteiger partial charge in [-0.05, 0) is 46.6 Å². The predicted molar refractivity (Wildman–Crippen MR) is 71.4 cm³/mol. The Morgan fingerprint density at radius 2 is 1.95 bits per heavy atom. The van der Waals surface area contributed by atoms with Crippen molar-refractivity contribution < 1.29 is 13.2 Å². The Morgan fingerprint density at radius 3 is 2.58 bits per heavy atom. The molecule has 0 fully saturated rings. The summed E-state index contributed by atoms with van der Waals surface area (Å²) in [5, 5.41) is 2.93. The lowest BCUT2D eigenvalue weighted by molar-refractivity contribution is -0.138. The standard InChI is InChI=1S/C13H10BrF3N2/c1-8-2-3-9(6-10(8)13(15,16)17)19-12-4-5-18-7-11(12)14/h2-7H,1H3,(H,18,19). The molecule has 1 aromatic carbocycles. The number of hydrogen-bond acceptors (Lipinski definition) is 2. The first-order valence-corrected chi connectivity index (χ1v) is 6.21. The molecule has 0 saturated carbocycles. The molecule has 0 spiro atoms. The Kier molecular flexibility index (Phi) is 3.80. The van der Waals surface area contributed by atoms with Crippen molar-refractivity contribution in [3.63, 3.8) is 0 Å². The number of halogens is 4. The van der Waals surface area contributed by atoms with Crippen LogP contribution in [0.15, 0.2) is 41.1 Å². The second-order valence-electron chi connectivity index (χ2n) is 4.01. The van der Waals surface area contributed by atoms with E-state index in [0.717, 1.165) is 6.07 Å². The van der Waals surface area contributed by atoms with Crippen LogP contribution in [0.3, 0.4) is 0 Å². The van der Waals surface area contributed by atoms with Gasteiger partial charge in [-0.25, -0.2) is 0 Å². The molecule has 0 aliphatic carbocycles. The van der Waals surface area contributed by atoms with Gasteiger partial charge < -0.3 is 5.32 Å². The van der Waals surface area contributed by atoms with E-state index in [-0.39, 0.29) is 5.56 Å². The molecule has 0 atom stereocenters. The summed E-state index contributed by atoms with van der Waals surface area (Å²) in [4.78, 5) is 3.89. The van der Waals surface area contributed by atoms with Gasteiger partial charge in [0.15, 0.2) is 0 Å². The number of aryl methyl sites for hydroxylation is 1. The van der Waals surface area contributed by atoms with Crippen LogP contribution in [0.4, 0.5) is 24.5 Å². The largest absolute Gasteiger partial charge is 0.416 e. The molecule has 0 aliphatic heterocycles. The Balaban J connectivity index is 2.35. The number of hydrogen-bond donors (Lipinski definition) is 1. The van der Waals surface area contributed by atoms with Gasteiger partial charge >= 0.3 is 6.18 Å². The van der Waals surface area contributed by atoms with Crippen LogP contribution in [0.5, 0.6) is 0 Å². The SMILES string of the molecule is Cc1ccc(Nc2ccncc2Br)cc1C(F)(F)F. The molecule has 2 rings (SSSR count). The molecule has 0 saturated heterocycles. The maximum atomic E-state index is 12.8. The second kappa shape index (κ2) is 5.21. The lowest BCUT2D eigenvalue weighted by Crippen LogP contribution is -2.08.